The zero-order chi connectivity index (χ0) is 20.7. The highest BCUT2D eigenvalue weighted by Gasteiger charge is 2.18. The maximum atomic E-state index is 9.10. The second-order valence-electron chi connectivity index (χ2n) is 7.55. The van der Waals surface area contributed by atoms with E-state index in [-0.39, 0.29) is 6.61 Å². The van der Waals surface area contributed by atoms with Crippen LogP contribution in [0.15, 0.2) is 39.8 Å². The molecular formula is C22H35ClN4O. The Hall–Kier alpha value is -1.40. The quantitative estimate of drug-likeness (QED) is 0.423. The molecule has 1 aromatic heterocycles. The van der Waals surface area contributed by atoms with Gasteiger partial charge < -0.3 is 9.67 Å². The highest BCUT2D eigenvalue weighted by Crippen LogP contribution is 2.19. The smallest absolute Gasteiger partial charge is 0.140 e. The van der Waals surface area contributed by atoms with Crippen LogP contribution in [0.1, 0.15) is 45.2 Å². The Morgan fingerprint density at radius 1 is 1.18 bits per heavy atom. The summed E-state index contributed by atoms with van der Waals surface area (Å²) >= 11 is 6.44. The van der Waals surface area contributed by atoms with Crippen molar-refractivity contribution in [3.63, 3.8) is 0 Å². The molecule has 0 saturated carbocycles. The number of aliphatic hydroxyl groups excluding tert-OH is 1. The number of aliphatic imine (C=N–C) groups is 1. The van der Waals surface area contributed by atoms with E-state index in [4.69, 9.17) is 21.7 Å². The fourth-order valence-electron chi connectivity index (χ4n) is 3.25. The molecule has 1 aromatic rings. The molecule has 0 bridgehead atoms. The van der Waals surface area contributed by atoms with E-state index in [1.807, 2.05) is 13.8 Å². The molecule has 0 amide bonds. The Morgan fingerprint density at radius 2 is 1.82 bits per heavy atom. The van der Waals surface area contributed by atoms with Crippen molar-refractivity contribution < 1.29 is 5.11 Å². The van der Waals surface area contributed by atoms with Crippen molar-refractivity contribution in [3.8, 4) is 0 Å². The molecule has 0 unspecified atom stereocenters. The lowest BCUT2D eigenvalue weighted by Crippen LogP contribution is -2.46. The van der Waals surface area contributed by atoms with E-state index in [1.54, 1.807) is 0 Å². The molecule has 2 heterocycles. The lowest BCUT2D eigenvalue weighted by atomic mass is 10.2. The fourth-order valence-corrected chi connectivity index (χ4v) is 3.47. The molecule has 0 radical (unpaired) electrons. The molecule has 0 spiro atoms. The SMILES string of the molecule is CC=C(C)C(=NC(Cl)=C(C)CC)n1cc(C)c(CN2CCN(CCO)CC2)c1. The summed E-state index contributed by atoms with van der Waals surface area (Å²) in [6.07, 6.45) is 7.30. The van der Waals surface area contributed by atoms with Gasteiger partial charge in [-0.25, -0.2) is 4.99 Å². The van der Waals surface area contributed by atoms with Crippen LogP contribution in [0.4, 0.5) is 0 Å². The van der Waals surface area contributed by atoms with Gasteiger partial charge >= 0.3 is 0 Å². The number of aryl methyl sites for hydroxylation is 1. The number of piperazine rings is 1. The number of rotatable bonds is 7. The van der Waals surface area contributed by atoms with Gasteiger partial charge in [0.15, 0.2) is 0 Å². The third-order valence-electron chi connectivity index (χ3n) is 5.53. The number of hydrogen-bond acceptors (Lipinski definition) is 4. The minimum absolute atomic E-state index is 0.239. The summed E-state index contributed by atoms with van der Waals surface area (Å²) in [6, 6.07) is 0. The van der Waals surface area contributed by atoms with Crippen molar-refractivity contribution >= 4 is 17.4 Å². The van der Waals surface area contributed by atoms with Crippen LogP contribution in [0.5, 0.6) is 0 Å². The predicted octanol–water partition coefficient (Wildman–Crippen LogP) is 4.00. The third kappa shape index (κ3) is 6.05. The molecule has 2 rings (SSSR count). The summed E-state index contributed by atoms with van der Waals surface area (Å²) in [5.41, 5.74) is 4.77. The summed E-state index contributed by atoms with van der Waals surface area (Å²) in [5, 5.41) is 9.68. The van der Waals surface area contributed by atoms with Gasteiger partial charge in [-0.3, -0.25) is 9.80 Å². The van der Waals surface area contributed by atoms with Gasteiger partial charge in [0.05, 0.1) is 6.61 Å². The first kappa shape index (κ1) is 22.9. The van der Waals surface area contributed by atoms with E-state index in [2.05, 4.69) is 53.6 Å². The standard InChI is InChI=1S/C22H35ClN4O/c1-6-17(3)21(23)24-22(18(4)7-2)27-14-19(5)20(16-27)15-26-10-8-25(9-11-26)12-13-28/h7,14,16,28H,6,8-13,15H2,1-5H3. The second-order valence-corrected chi connectivity index (χ2v) is 7.90. The number of β-amino-alcohol motifs (C(OH)–C–C–N with tert-alkyl or cyclic N) is 1. The number of nitrogens with zero attached hydrogens (tertiary/aromatic N) is 4. The van der Waals surface area contributed by atoms with Crippen molar-refractivity contribution in [2.24, 2.45) is 4.99 Å². The van der Waals surface area contributed by atoms with E-state index in [0.29, 0.717) is 5.16 Å². The first-order chi connectivity index (χ1) is 13.4. The van der Waals surface area contributed by atoms with E-state index in [1.165, 1.54) is 11.1 Å². The van der Waals surface area contributed by atoms with Crippen LogP contribution in [0.25, 0.3) is 0 Å². The summed E-state index contributed by atoms with van der Waals surface area (Å²) in [5.74, 6) is 0.877. The van der Waals surface area contributed by atoms with Crippen LogP contribution in [0, 0.1) is 6.92 Å². The number of aromatic nitrogens is 1. The van der Waals surface area contributed by atoms with Gasteiger partial charge in [0.2, 0.25) is 0 Å². The van der Waals surface area contributed by atoms with Gasteiger partial charge in [-0.2, -0.15) is 0 Å². The Balaban J connectivity index is 2.20. The van der Waals surface area contributed by atoms with E-state index >= 15 is 0 Å². The minimum atomic E-state index is 0.239. The highest BCUT2D eigenvalue weighted by molar-refractivity contribution is 6.30. The molecule has 0 aliphatic carbocycles. The molecule has 156 valence electrons. The Labute approximate surface area is 175 Å². The van der Waals surface area contributed by atoms with Crippen molar-refractivity contribution in [2.45, 2.75) is 47.6 Å². The lowest BCUT2D eigenvalue weighted by molar-refractivity contribution is 0.108. The Morgan fingerprint density at radius 3 is 2.39 bits per heavy atom. The number of hydrogen-bond donors (Lipinski definition) is 1. The molecule has 28 heavy (non-hydrogen) atoms. The summed E-state index contributed by atoms with van der Waals surface area (Å²) in [7, 11) is 0. The molecule has 1 N–H and O–H groups in total. The summed E-state index contributed by atoms with van der Waals surface area (Å²) in [4.78, 5) is 9.53. The summed E-state index contributed by atoms with van der Waals surface area (Å²) in [6.45, 7) is 16.4. The lowest BCUT2D eigenvalue weighted by Gasteiger charge is -2.34. The maximum absolute atomic E-state index is 9.10. The zero-order valence-electron chi connectivity index (χ0n) is 18.0. The fraction of sp³-hybridized carbons (Fsp3) is 0.591. The summed E-state index contributed by atoms with van der Waals surface area (Å²) < 4.78 is 2.10. The van der Waals surface area contributed by atoms with Crippen molar-refractivity contribution in [1.29, 1.82) is 0 Å². The number of aliphatic hydroxyl groups is 1. The van der Waals surface area contributed by atoms with Crippen LogP contribution in [0.3, 0.4) is 0 Å². The van der Waals surface area contributed by atoms with Crippen LogP contribution < -0.4 is 0 Å². The van der Waals surface area contributed by atoms with Gasteiger partial charge in [0.1, 0.15) is 11.0 Å². The monoisotopic (exact) mass is 406 g/mol. The first-order valence-electron chi connectivity index (χ1n) is 10.2. The van der Waals surface area contributed by atoms with Gasteiger partial charge in [-0.15, -0.1) is 0 Å². The second kappa shape index (κ2) is 11.0. The molecule has 6 heteroatoms. The maximum Gasteiger partial charge on any atom is 0.140 e. The van der Waals surface area contributed by atoms with Crippen molar-refractivity contribution in [2.75, 3.05) is 39.3 Å². The minimum Gasteiger partial charge on any atom is -0.395 e. The zero-order valence-corrected chi connectivity index (χ0v) is 18.8. The Kier molecular flexibility index (Phi) is 8.96. The largest absolute Gasteiger partial charge is 0.395 e. The molecule has 1 aliphatic rings. The van der Waals surface area contributed by atoms with Gasteiger partial charge in [-0.1, -0.05) is 24.6 Å². The van der Waals surface area contributed by atoms with Crippen LogP contribution in [0.2, 0.25) is 0 Å². The molecular weight excluding hydrogens is 372 g/mol. The molecule has 1 fully saturated rings. The van der Waals surface area contributed by atoms with E-state index in [9.17, 15) is 0 Å². The molecule has 0 aromatic carbocycles. The molecule has 0 atom stereocenters. The number of allylic oxidation sites excluding steroid dienone is 3. The van der Waals surface area contributed by atoms with Crippen molar-refractivity contribution in [1.82, 2.24) is 14.4 Å². The van der Waals surface area contributed by atoms with Gasteiger partial charge in [-0.05, 0) is 56.4 Å². The normalized spacial score (nSPS) is 18.5. The van der Waals surface area contributed by atoms with E-state index < -0.39 is 0 Å². The predicted molar refractivity (Wildman–Crippen MR) is 119 cm³/mol. The first-order valence-corrected chi connectivity index (χ1v) is 10.6. The average Bonchev–Trinajstić information content (AvgIpc) is 3.06. The molecule has 5 nitrogen and oxygen atoms in total. The highest BCUT2D eigenvalue weighted by atomic mass is 35.5. The topological polar surface area (TPSA) is 44.0 Å². The number of halogens is 1. The van der Waals surface area contributed by atoms with E-state index in [0.717, 1.165) is 62.7 Å². The van der Waals surface area contributed by atoms with Crippen LogP contribution >= 0.6 is 11.6 Å². The van der Waals surface area contributed by atoms with Crippen LogP contribution in [-0.2, 0) is 6.54 Å². The third-order valence-corrected chi connectivity index (χ3v) is 5.93. The van der Waals surface area contributed by atoms with Crippen LogP contribution in [-0.4, -0.2) is 64.6 Å². The average molecular weight is 407 g/mol. The van der Waals surface area contributed by atoms with Gasteiger partial charge in [0.25, 0.3) is 0 Å². The molecule has 1 aliphatic heterocycles. The van der Waals surface area contributed by atoms with Crippen molar-refractivity contribution in [3.05, 3.63) is 45.9 Å². The Bertz CT molecular complexity index is 740. The van der Waals surface area contributed by atoms with Gasteiger partial charge in [0, 0.05) is 51.7 Å². The molecule has 1 saturated heterocycles.